The molecule has 0 aliphatic carbocycles. The number of nitrogens with zero attached hydrogens (tertiary/aromatic N) is 6. The molecule has 6 rings (SSSR count). The van der Waals surface area contributed by atoms with Crippen LogP contribution >= 0.6 is 0 Å². The Morgan fingerprint density at radius 1 is 0.735 bits per heavy atom. The van der Waals surface area contributed by atoms with Gasteiger partial charge in [0.2, 0.25) is 5.95 Å². The third-order valence-electron chi connectivity index (χ3n) is 5.59. The molecule has 0 bridgehead atoms. The molecule has 3 heterocycles. The first-order valence-corrected chi connectivity index (χ1v) is 10.7. The second-order valence-corrected chi connectivity index (χ2v) is 7.75. The molecule has 0 saturated carbocycles. The zero-order valence-corrected chi connectivity index (χ0v) is 18.0. The van der Waals surface area contributed by atoms with Crippen LogP contribution in [0.25, 0.3) is 39.6 Å². The number of hydrogen-bond acceptors (Lipinski definition) is 5. The van der Waals surface area contributed by atoms with Crippen LogP contribution in [-0.4, -0.2) is 29.1 Å². The van der Waals surface area contributed by atoms with Crippen LogP contribution in [0.1, 0.15) is 0 Å². The van der Waals surface area contributed by atoms with Crippen LogP contribution in [-0.2, 0) is 0 Å². The Hall–Kier alpha value is -4.98. The number of fused-ring (bicyclic) bond motifs is 1. The van der Waals surface area contributed by atoms with Gasteiger partial charge in [-0.1, -0.05) is 66.7 Å². The molecular formula is C26H19N7O. The average molecular weight is 445 g/mol. The molecule has 0 aliphatic heterocycles. The molecule has 0 radical (unpaired) electrons. The first-order valence-electron chi connectivity index (χ1n) is 10.7. The number of nitrogen functional groups attached to an aromatic ring is 1. The number of anilines is 1. The van der Waals surface area contributed by atoms with Crippen molar-refractivity contribution < 1.29 is 0 Å². The zero-order valence-electron chi connectivity index (χ0n) is 18.0. The smallest absolute Gasteiger partial charge is 0.270 e. The maximum absolute atomic E-state index is 13.7. The van der Waals surface area contributed by atoms with E-state index in [2.05, 4.69) is 5.10 Å². The topological polar surface area (TPSA) is 96.6 Å². The monoisotopic (exact) mass is 445 g/mol. The molecule has 0 fully saturated rings. The molecule has 8 nitrogen and oxygen atoms in total. The van der Waals surface area contributed by atoms with Crippen molar-refractivity contribution in [3.63, 3.8) is 0 Å². The SMILES string of the molecule is Nc1cc(-c2ccccc2)nn1-c1nc2c(cnn2-c2ccccc2)c(=O)n1-c1ccccc1. The first-order chi connectivity index (χ1) is 16.7. The number of nitrogens with two attached hydrogens (primary N) is 1. The largest absolute Gasteiger partial charge is 0.383 e. The summed E-state index contributed by atoms with van der Waals surface area (Å²) in [6.45, 7) is 0. The van der Waals surface area contributed by atoms with Crippen molar-refractivity contribution in [3.8, 4) is 28.6 Å². The van der Waals surface area contributed by atoms with Gasteiger partial charge in [-0.15, -0.1) is 0 Å². The first kappa shape index (κ1) is 19.7. The van der Waals surface area contributed by atoms with Gasteiger partial charge < -0.3 is 5.73 Å². The number of aromatic nitrogens is 6. The number of rotatable bonds is 4. The lowest BCUT2D eigenvalue weighted by molar-refractivity contribution is 0.765. The Kier molecular flexibility index (Phi) is 4.55. The molecule has 0 atom stereocenters. The molecule has 3 aromatic heterocycles. The van der Waals surface area contributed by atoms with Gasteiger partial charge in [0.15, 0.2) is 5.65 Å². The summed E-state index contributed by atoms with van der Waals surface area (Å²) in [5.74, 6) is 0.640. The molecular weight excluding hydrogens is 426 g/mol. The van der Waals surface area contributed by atoms with E-state index in [1.807, 2.05) is 91.0 Å². The van der Waals surface area contributed by atoms with Gasteiger partial charge >= 0.3 is 0 Å². The van der Waals surface area contributed by atoms with E-state index in [-0.39, 0.29) is 11.5 Å². The van der Waals surface area contributed by atoms with Gasteiger partial charge in [0, 0.05) is 11.6 Å². The van der Waals surface area contributed by atoms with Gasteiger partial charge in [0.25, 0.3) is 5.56 Å². The maximum atomic E-state index is 13.7. The lowest BCUT2D eigenvalue weighted by Crippen LogP contribution is -2.25. The Bertz CT molecular complexity index is 1670. The molecule has 8 heteroatoms. The molecule has 0 aliphatic rings. The van der Waals surface area contributed by atoms with E-state index >= 15 is 0 Å². The maximum Gasteiger partial charge on any atom is 0.270 e. The van der Waals surface area contributed by atoms with Gasteiger partial charge in [-0.3, -0.25) is 4.79 Å². The van der Waals surface area contributed by atoms with Gasteiger partial charge in [-0.25, -0.2) is 9.25 Å². The van der Waals surface area contributed by atoms with Crippen molar-refractivity contribution in [2.24, 2.45) is 0 Å². The van der Waals surface area contributed by atoms with E-state index in [1.165, 1.54) is 9.25 Å². The van der Waals surface area contributed by atoms with Crippen LogP contribution < -0.4 is 11.3 Å². The summed E-state index contributed by atoms with van der Waals surface area (Å²) < 4.78 is 4.66. The lowest BCUT2D eigenvalue weighted by atomic mass is 10.2. The summed E-state index contributed by atoms with van der Waals surface area (Å²) in [5.41, 5.74) is 9.61. The van der Waals surface area contributed by atoms with Crippen molar-refractivity contribution >= 4 is 16.9 Å². The quantitative estimate of drug-likeness (QED) is 0.442. The molecule has 0 saturated heterocycles. The minimum atomic E-state index is -0.260. The number of hydrogen-bond donors (Lipinski definition) is 1. The van der Waals surface area contributed by atoms with Crippen molar-refractivity contribution in [3.05, 3.63) is 114 Å². The fraction of sp³-hybridized carbons (Fsp3) is 0. The van der Waals surface area contributed by atoms with Crippen LogP contribution in [0.4, 0.5) is 5.82 Å². The van der Waals surface area contributed by atoms with Crippen LogP contribution in [0.15, 0.2) is 108 Å². The minimum absolute atomic E-state index is 0.260. The van der Waals surface area contributed by atoms with Crippen LogP contribution in [0.5, 0.6) is 0 Å². The molecule has 34 heavy (non-hydrogen) atoms. The predicted octanol–water partition coefficient (Wildman–Crippen LogP) is 4.01. The second-order valence-electron chi connectivity index (χ2n) is 7.75. The fourth-order valence-electron chi connectivity index (χ4n) is 3.97. The van der Waals surface area contributed by atoms with E-state index in [0.717, 1.165) is 11.3 Å². The summed E-state index contributed by atoms with van der Waals surface area (Å²) in [5, 5.41) is 9.56. The summed E-state index contributed by atoms with van der Waals surface area (Å²) in [6.07, 6.45) is 1.54. The molecule has 0 unspecified atom stereocenters. The van der Waals surface area contributed by atoms with E-state index in [4.69, 9.17) is 15.8 Å². The predicted molar refractivity (Wildman–Crippen MR) is 131 cm³/mol. The molecule has 3 aromatic carbocycles. The standard InChI is InChI=1S/C26H19N7O/c27-23-16-22(18-10-4-1-5-11-18)30-33(23)26-29-24-21(17-28-32(24)20-14-8-3-9-15-20)25(34)31(26)19-12-6-2-7-13-19/h1-17H,27H2. The van der Waals surface area contributed by atoms with E-state index < -0.39 is 0 Å². The van der Waals surface area contributed by atoms with Crippen molar-refractivity contribution in [1.29, 1.82) is 0 Å². The fourth-order valence-corrected chi connectivity index (χ4v) is 3.97. The highest BCUT2D eigenvalue weighted by molar-refractivity contribution is 5.77. The van der Waals surface area contributed by atoms with Crippen LogP contribution in [0.2, 0.25) is 0 Å². The van der Waals surface area contributed by atoms with Crippen LogP contribution in [0.3, 0.4) is 0 Å². The third-order valence-corrected chi connectivity index (χ3v) is 5.59. The highest BCUT2D eigenvalue weighted by Crippen LogP contribution is 2.24. The Morgan fingerprint density at radius 2 is 1.35 bits per heavy atom. The molecule has 2 N–H and O–H groups in total. The zero-order chi connectivity index (χ0) is 23.1. The molecule has 164 valence electrons. The van der Waals surface area contributed by atoms with Gasteiger partial charge in [-0.2, -0.15) is 19.9 Å². The molecule has 0 spiro atoms. The van der Waals surface area contributed by atoms with Crippen molar-refractivity contribution in [2.75, 3.05) is 5.73 Å². The lowest BCUT2D eigenvalue weighted by Gasteiger charge is -2.13. The summed E-state index contributed by atoms with van der Waals surface area (Å²) >= 11 is 0. The molecule has 0 amide bonds. The van der Waals surface area contributed by atoms with E-state index in [1.54, 1.807) is 16.9 Å². The normalized spacial score (nSPS) is 11.2. The Morgan fingerprint density at radius 3 is 2.03 bits per heavy atom. The summed E-state index contributed by atoms with van der Waals surface area (Å²) in [6, 6.07) is 30.4. The highest BCUT2D eigenvalue weighted by atomic mass is 16.1. The van der Waals surface area contributed by atoms with Gasteiger partial charge in [-0.05, 0) is 24.3 Å². The Balaban J connectivity index is 1.66. The highest BCUT2D eigenvalue weighted by Gasteiger charge is 2.21. The van der Waals surface area contributed by atoms with Crippen molar-refractivity contribution in [1.82, 2.24) is 29.1 Å². The number of benzene rings is 3. The Labute approximate surface area is 194 Å². The third kappa shape index (κ3) is 3.17. The van der Waals surface area contributed by atoms with E-state index in [9.17, 15) is 4.79 Å². The average Bonchev–Trinajstić information content (AvgIpc) is 3.49. The van der Waals surface area contributed by atoms with E-state index in [0.29, 0.717) is 28.2 Å². The minimum Gasteiger partial charge on any atom is -0.383 e. The van der Waals surface area contributed by atoms with Crippen LogP contribution in [0, 0.1) is 0 Å². The number of para-hydroxylation sites is 2. The summed E-state index contributed by atoms with van der Waals surface area (Å²) in [7, 11) is 0. The van der Waals surface area contributed by atoms with Crippen molar-refractivity contribution in [2.45, 2.75) is 0 Å². The molecule has 6 aromatic rings. The summed E-state index contributed by atoms with van der Waals surface area (Å²) in [4.78, 5) is 18.6. The second kappa shape index (κ2) is 7.86. The van der Waals surface area contributed by atoms with Gasteiger partial charge in [0.1, 0.15) is 11.2 Å². The van der Waals surface area contributed by atoms with Gasteiger partial charge in [0.05, 0.1) is 23.3 Å².